The van der Waals surface area contributed by atoms with Crippen molar-refractivity contribution in [3.63, 3.8) is 0 Å². The minimum atomic E-state index is -0.920. The van der Waals surface area contributed by atoms with Crippen LogP contribution < -0.4 is 19.6 Å². The summed E-state index contributed by atoms with van der Waals surface area (Å²) in [6.07, 6.45) is 1.70. The number of rotatable bonds is 8. The monoisotopic (exact) mass is 658 g/mol. The zero-order chi connectivity index (χ0) is 31.5. The average Bonchev–Trinajstić information content (AvgIpc) is 3.35. The van der Waals surface area contributed by atoms with Gasteiger partial charge < -0.3 is 9.47 Å². The van der Waals surface area contributed by atoms with Crippen LogP contribution in [0.15, 0.2) is 112 Å². The number of hydrogen-bond acceptors (Lipinski definition) is 6. The number of hydrogen-bond donors (Lipinski definition) is 0. The van der Waals surface area contributed by atoms with Crippen LogP contribution in [-0.2, 0) is 16.1 Å². The summed E-state index contributed by atoms with van der Waals surface area (Å²) in [7, 11) is 0. The predicted molar refractivity (Wildman–Crippen MR) is 175 cm³/mol. The molecule has 45 heavy (non-hydrogen) atoms. The number of benzene rings is 4. The van der Waals surface area contributed by atoms with Crippen molar-refractivity contribution in [3.8, 4) is 5.75 Å². The highest BCUT2D eigenvalue weighted by molar-refractivity contribution is 7.07. The first-order valence-corrected chi connectivity index (χ1v) is 15.6. The third-order valence-corrected chi connectivity index (χ3v) is 8.55. The van der Waals surface area contributed by atoms with E-state index < -0.39 is 17.8 Å². The molecule has 5 aromatic rings. The third-order valence-electron chi connectivity index (χ3n) is 7.10. The van der Waals surface area contributed by atoms with E-state index in [2.05, 4.69) is 0 Å². The quantitative estimate of drug-likeness (QED) is 0.169. The minimum absolute atomic E-state index is 0.123. The molecule has 0 aliphatic carbocycles. The molecular weight excluding hydrogens is 634 g/mol. The number of ether oxygens (including phenoxy) is 2. The summed E-state index contributed by atoms with van der Waals surface area (Å²) in [5.74, 6) is -0.546. The van der Waals surface area contributed by atoms with Crippen molar-refractivity contribution in [2.24, 2.45) is 4.99 Å². The van der Waals surface area contributed by atoms with E-state index in [1.807, 2.05) is 48.5 Å². The van der Waals surface area contributed by atoms with E-state index in [0.29, 0.717) is 47.5 Å². The van der Waals surface area contributed by atoms with Gasteiger partial charge in [0.05, 0.1) is 28.5 Å². The van der Waals surface area contributed by atoms with Crippen molar-refractivity contribution in [2.75, 3.05) is 6.61 Å². The van der Waals surface area contributed by atoms with E-state index in [-0.39, 0.29) is 24.3 Å². The summed E-state index contributed by atoms with van der Waals surface area (Å²) in [5.41, 5.74) is 2.85. The lowest BCUT2D eigenvalue weighted by atomic mass is 9.93. The van der Waals surface area contributed by atoms with Gasteiger partial charge in [-0.15, -0.1) is 0 Å². The third kappa shape index (κ3) is 6.49. The van der Waals surface area contributed by atoms with Crippen LogP contribution in [0.3, 0.4) is 0 Å². The van der Waals surface area contributed by atoms with Gasteiger partial charge in [-0.25, -0.2) is 14.2 Å². The van der Waals surface area contributed by atoms with E-state index in [0.717, 1.165) is 5.56 Å². The van der Waals surface area contributed by atoms with Gasteiger partial charge in [0.2, 0.25) is 0 Å². The molecule has 4 aromatic carbocycles. The number of nitrogens with zero attached hydrogens (tertiary/aromatic N) is 2. The summed E-state index contributed by atoms with van der Waals surface area (Å²) >= 11 is 13.7. The van der Waals surface area contributed by atoms with Crippen LogP contribution in [0.2, 0.25) is 10.0 Å². The fourth-order valence-electron chi connectivity index (χ4n) is 5.09. The molecule has 10 heteroatoms. The Kier molecular flexibility index (Phi) is 8.98. The van der Waals surface area contributed by atoms with Gasteiger partial charge in [0, 0.05) is 21.2 Å². The molecule has 6 nitrogen and oxygen atoms in total. The second-order valence-corrected chi connectivity index (χ2v) is 12.0. The van der Waals surface area contributed by atoms with Gasteiger partial charge in [-0.2, -0.15) is 0 Å². The molecule has 1 aliphatic heterocycles. The Hall–Kier alpha value is -4.50. The number of aromatic nitrogens is 1. The zero-order valence-electron chi connectivity index (χ0n) is 23.9. The van der Waals surface area contributed by atoms with Gasteiger partial charge in [0.25, 0.3) is 5.56 Å². The minimum Gasteiger partial charge on any atom is -0.488 e. The number of carbonyl (C=O) groups is 1. The van der Waals surface area contributed by atoms with Crippen molar-refractivity contribution in [1.82, 2.24) is 4.57 Å². The molecule has 1 aliphatic rings. The van der Waals surface area contributed by atoms with Gasteiger partial charge in [-0.05, 0) is 66.6 Å². The van der Waals surface area contributed by atoms with Gasteiger partial charge >= 0.3 is 5.97 Å². The van der Waals surface area contributed by atoms with Gasteiger partial charge in [-0.3, -0.25) is 9.36 Å². The molecule has 0 unspecified atom stereocenters. The molecule has 0 saturated carbocycles. The summed E-state index contributed by atoms with van der Waals surface area (Å²) in [5, 5.41) is 1.06. The molecule has 1 atom stereocenters. The van der Waals surface area contributed by atoms with Crippen molar-refractivity contribution >= 4 is 52.3 Å². The number of thiazole rings is 1. The second kappa shape index (κ2) is 13.2. The first-order chi connectivity index (χ1) is 21.8. The highest BCUT2D eigenvalue weighted by Gasteiger charge is 2.35. The van der Waals surface area contributed by atoms with Crippen LogP contribution >= 0.6 is 34.5 Å². The fraction of sp³-hybridized carbons (Fsp3) is 0.114. The molecule has 226 valence electrons. The first-order valence-electron chi connectivity index (χ1n) is 14.0. The van der Waals surface area contributed by atoms with Crippen LogP contribution in [-0.4, -0.2) is 17.1 Å². The van der Waals surface area contributed by atoms with E-state index in [1.54, 1.807) is 49.4 Å². The molecule has 0 amide bonds. The standard InChI is InChI=1S/C35H25Cl2FN2O4S/c1-2-43-34(42)30-31(22-8-4-3-5-9-22)39-35-40(32(30)23-11-14-27(38)15-12-23)33(41)29(45-35)19-24-18-26(37)13-16-28(24)44-20-21-7-6-10-25(36)17-21/h3-19,32H,2,20H2,1H3/b29-19-/t32-/m0/s1. The molecule has 0 fully saturated rings. The molecule has 0 bridgehead atoms. The maximum absolute atomic E-state index is 14.2. The maximum atomic E-state index is 14.2. The number of fused-ring (bicyclic) bond motifs is 1. The zero-order valence-corrected chi connectivity index (χ0v) is 26.2. The summed E-state index contributed by atoms with van der Waals surface area (Å²) in [4.78, 5) is 33.0. The van der Waals surface area contributed by atoms with Crippen LogP contribution in [0.1, 0.15) is 35.2 Å². The smallest absolute Gasteiger partial charge is 0.338 e. The molecule has 1 aromatic heterocycles. The molecule has 2 heterocycles. The molecule has 0 spiro atoms. The van der Waals surface area contributed by atoms with Crippen molar-refractivity contribution < 1.29 is 18.7 Å². The topological polar surface area (TPSA) is 69.9 Å². The highest BCUT2D eigenvalue weighted by atomic mass is 35.5. The molecular formula is C35H25Cl2FN2O4S. The lowest BCUT2D eigenvalue weighted by molar-refractivity contribution is -0.138. The van der Waals surface area contributed by atoms with Crippen LogP contribution in [0, 0.1) is 5.82 Å². The number of halogens is 3. The molecule has 0 N–H and O–H groups in total. The normalized spacial score (nSPS) is 14.6. The lowest BCUT2D eigenvalue weighted by Gasteiger charge is -2.25. The Labute approximate surface area is 271 Å². The number of esters is 1. The Morgan fingerprint density at radius 1 is 0.978 bits per heavy atom. The molecule has 0 saturated heterocycles. The largest absolute Gasteiger partial charge is 0.488 e. The van der Waals surface area contributed by atoms with Gasteiger partial charge in [0.1, 0.15) is 18.2 Å². The van der Waals surface area contributed by atoms with E-state index >= 15 is 0 Å². The second-order valence-electron chi connectivity index (χ2n) is 10.1. The summed E-state index contributed by atoms with van der Waals surface area (Å²) < 4.78 is 27.4. The van der Waals surface area contributed by atoms with E-state index in [9.17, 15) is 14.0 Å². The predicted octanol–water partition coefficient (Wildman–Crippen LogP) is 6.96. The Balaban J connectivity index is 1.54. The highest BCUT2D eigenvalue weighted by Crippen LogP contribution is 2.35. The van der Waals surface area contributed by atoms with Gasteiger partial charge in [-0.1, -0.05) is 89.1 Å². The van der Waals surface area contributed by atoms with Gasteiger partial charge in [0.15, 0.2) is 4.80 Å². The first kappa shape index (κ1) is 30.5. The fourth-order valence-corrected chi connectivity index (χ4v) is 6.48. The van der Waals surface area contributed by atoms with Crippen molar-refractivity contribution in [1.29, 1.82) is 0 Å². The SMILES string of the molecule is CCOC(=O)C1=C(c2ccccc2)N=c2s/c(=C\c3cc(Cl)ccc3OCc3cccc(Cl)c3)c(=O)n2[C@H]1c1ccc(F)cc1. The average molecular weight is 660 g/mol. The van der Waals surface area contributed by atoms with Crippen molar-refractivity contribution in [3.05, 3.63) is 160 Å². The van der Waals surface area contributed by atoms with E-state index in [1.165, 1.54) is 28.0 Å². The summed E-state index contributed by atoms with van der Waals surface area (Å²) in [6.45, 7) is 2.08. The Morgan fingerprint density at radius 2 is 1.73 bits per heavy atom. The lowest BCUT2D eigenvalue weighted by Crippen LogP contribution is -2.40. The summed E-state index contributed by atoms with van der Waals surface area (Å²) in [6, 6.07) is 26.5. The molecule has 0 radical (unpaired) electrons. The Morgan fingerprint density at radius 3 is 2.47 bits per heavy atom. The van der Waals surface area contributed by atoms with Crippen molar-refractivity contribution in [2.45, 2.75) is 19.6 Å². The van der Waals surface area contributed by atoms with Crippen LogP contribution in [0.5, 0.6) is 5.75 Å². The van der Waals surface area contributed by atoms with Crippen LogP contribution in [0.25, 0.3) is 11.8 Å². The maximum Gasteiger partial charge on any atom is 0.338 e. The van der Waals surface area contributed by atoms with Crippen LogP contribution in [0.4, 0.5) is 4.39 Å². The Bertz CT molecular complexity index is 2110. The van der Waals surface area contributed by atoms with E-state index in [4.69, 9.17) is 37.7 Å². The number of carbonyl (C=O) groups excluding carboxylic acids is 1. The molecule has 6 rings (SSSR count).